The van der Waals surface area contributed by atoms with E-state index < -0.39 is 11.1 Å². The highest BCUT2D eigenvalue weighted by Gasteiger charge is 2.36. The van der Waals surface area contributed by atoms with Crippen molar-refractivity contribution in [3.8, 4) is 0 Å². The molecule has 0 aliphatic heterocycles. The van der Waals surface area contributed by atoms with E-state index in [0.717, 1.165) is 0 Å². The minimum atomic E-state index is -1.04. The van der Waals surface area contributed by atoms with Crippen LogP contribution in [0.4, 0.5) is 5.69 Å². The molecule has 1 rings (SSSR count). The summed E-state index contributed by atoms with van der Waals surface area (Å²) in [5, 5.41) is 15.5. The molecule has 0 bridgehead atoms. The number of hydrogen-bond acceptors (Lipinski definition) is 3. The summed E-state index contributed by atoms with van der Waals surface area (Å²) in [7, 11) is 0. The first-order chi connectivity index (χ1) is 9.03. The number of carbonyl (C=O) groups is 2. The van der Waals surface area contributed by atoms with Crippen LogP contribution in [0.3, 0.4) is 0 Å². The number of hydrogen-bond donors (Lipinski definition) is 3. The lowest BCUT2D eigenvalue weighted by Gasteiger charge is -2.38. The fourth-order valence-corrected chi connectivity index (χ4v) is 1.42. The van der Waals surface area contributed by atoms with Gasteiger partial charge in [0.15, 0.2) is 0 Å². The molecule has 3 N–H and O–H groups in total. The number of nitrogens with one attached hydrogen (secondary N) is 2. The van der Waals surface area contributed by atoms with Gasteiger partial charge in [0.2, 0.25) is 5.91 Å². The van der Waals surface area contributed by atoms with Gasteiger partial charge in [-0.05, 0) is 52.0 Å². The van der Waals surface area contributed by atoms with Crippen LogP contribution in [0.5, 0.6) is 0 Å². The molecule has 0 unspecified atom stereocenters. The highest BCUT2D eigenvalue weighted by Crippen LogP contribution is 2.21. The Morgan fingerprint density at radius 2 is 1.55 bits per heavy atom. The van der Waals surface area contributed by atoms with Crippen molar-refractivity contribution in [2.45, 2.75) is 45.8 Å². The molecule has 0 aromatic heterocycles. The Morgan fingerprint density at radius 3 is 1.95 bits per heavy atom. The highest BCUT2D eigenvalue weighted by molar-refractivity contribution is 5.96. The Hall–Kier alpha value is -1.88. The van der Waals surface area contributed by atoms with Crippen molar-refractivity contribution in [1.29, 1.82) is 0 Å². The van der Waals surface area contributed by atoms with Gasteiger partial charge in [-0.15, -0.1) is 0 Å². The van der Waals surface area contributed by atoms with Gasteiger partial charge in [0.25, 0.3) is 5.91 Å². The first-order valence-corrected chi connectivity index (χ1v) is 6.45. The minimum absolute atomic E-state index is 0.162. The maximum absolute atomic E-state index is 12.1. The molecule has 0 saturated heterocycles. The van der Waals surface area contributed by atoms with E-state index in [1.807, 2.05) is 0 Å². The maximum Gasteiger partial charge on any atom is 0.251 e. The van der Waals surface area contributed by atoms with Crippen molar-refractivity contribution in [1.82, 2.24) is 5.32 Å². The van der Waals surface area contributed by atoms with E-state index in [0.29, 0.717) is 11.3 Å². The van der Waals surface area contributed by atoms with E-state index in [9.17, 15) is 14.7 Å². The Balaban J connectivity index is 2.81. The van der Waals surface area contributed by atoms with Crippen LogP contribution in [0, 0.1) is 0 Å². The number of benzene rings is 1. The first-order valence-electron chi connectivity index (χ1n) is 6.45. The molecule has 0 fully saturated rings. The summed E-state index contributed by atoms with van der Waals surface area (Å²) in [6, 6.07) is 6.57. The van der Waals surface area contributed by atoms with Crippen LogP contribution in [0.2, 0.25) is 0 Å². The average molecular weight is 278 g/mol. The van der Waals surface area contributed by atoms with Gasteiger partial charge >= 0.3 is 0 Å². The highest BCUT2D eigenvalue weighted by atomic mass is 16.3. The second-order valence-electron chi connectivity index (χ2n) is 5.90. The zero-order valence-electron chi connectivity index (χ0n) is 12.6. The quantitative estimate of drug-likeness (QED) is 0.787. The largest absolute Gasteiger partial charge is 0.388 e. The Bertz CT molecular complexity index is 499. The average Bonchev–Trinajstić information content (AvgIpc) is 2.26. The predicted molar refractivity (Wildman–Crippen MR) is 78.6 cm³/mol. The van der Waals surface area contributed by atoms with Gasteiger partial charge in [0.1, 0.15) is 0 Å². The summed E-state index contributed by atoms with van der Waals surface area (Å²) in [5.41, 5.74) is -0.702. The standard InChI is InChI=1S/C15H22N2O3/c1-10(18)16-12-8-6-11(7-9-12)13(19)17-14(2,3)15(4,5)20/h6-9,20H,1-5H3,(H,16,18)(H,17,19). The SMILES string of the molecule is CC(=O)Nc1ccc(C(=O)NC(C)(C)C(C)(C)O)cc1. The molecule has 110 valence electrons. The van der Waals surface area contributed by atoms with Crippen molar-refractivity contribution < 1.29 is 14.7 Å². The van der Waals surface area contributed by atoms with Gasteiger partial charge in [-0.1, -0.05) is 0 Å². The molecular formula is C15H22N2O3. The number of amides is 2. The third kappa shape index (κ3) is 4.06. The molecule has 5 heteroatoms. The molecule has 2 amide bonds. The van der Waals surface area contributed by atoms with Crippen LogP contribution in [0.25, 0.3) is 0 Å². The normalized spacial score (nSPS) is 11.9. The topological polar surface area (TPSA) is 78.4 Å². The molecule has 0 aliphatic rings. The summed E-state index contributed by atoms with van der Waals surface area (Å²) in [4.78, 5) is 23.0. The second kappa shape index (κ2) is 5.63. The molecule has 0 radical (unpaired) electrons. The lowest BCUT2D eigenvalue weighted by atomic mass is 9.86. The van der Waals surface area contributed by atoms with Crippen LogP contribution in [-0.2, 0) is 4.79 Å². The number of carbonyl (C=O) groups excluding carboxylic acids is 2. The molecule has 0 aliphatic carbocycles. The van der Waals surface area contributed by atoms with Crippen LogP contribution in [-0.4, -0.2) is 28.1 Å². The van der Waals surface area contributed by atoms with E-state index in [2.05, 4.69) is 10.6 Å². The van der Waals surface area contributed by atoms with Crippen LogP contribution < -0.4 is 10.6 Å². The van der Waals surface area contributed by atoms with Gasteiger partial charge in [0, 0.05) is 18.2 Å². The minimum Gasteiger partial charge on any atom is -0.388 e. The monoisotopic (exact) mass is 278 g/mol. The fraction of sp³-hybridized carbons (Fsp3) is 0.467. The van der Waals surface area contributed by atoms with E-state index in [1.54, 1.807) is 52.0 Å². The summed E-state index contributed by atoms with van der Waals surface area (Å²) in [6.45, 7) is 8.24. The predicted octanol–water partition coefficient (Wildman–Crippen LogP) is 1.92. The molecule has 1 aromatic rings. The lowest BCUT2D eigenvalue weighted by molar-refractivity contribution is -0.114. The third-order valence-corrected chi connectivity index (χ3v) is 3.42. The molecule has 0 atom stereocenters. The molecule has 0 spiro atoms. The Kier molecular flexibility index (Phi) is 4.55. The molecule has 0 saturated carbocycles. The molecule has 0 heterocycles. The van der Waals surface area contributed by atoms with Crippen molar-refractivity contribution in [2.24, 2.45) is 0 Å². The van der Waals surface area contributed by atoms with E-state index in [4.69, 9.17) is 0 Å². The number of anilines is 1. The van der Waals surface area contributed by atoms with Gasteiger partial charge in [0.05, 0.1) is 11.1 Å². The number of aliphatic hydroxyl groups is 1. The van der Waals surface area contributed by atoms with Crippen molar-refractivity contribution in [3.05, 3.63) is 29.8 Å². The van der Waals surface area contributed by atoms with Gasteiger partial charge in [-0.3, -0.25) is 9.59 Å². The molecule has 5 nitrogen and oxygen atoms in total. The van der Waals surface area contributed by atoms with Crippen LogP contribution >= 0.6 is 0 Å². The first kappa shape index (κ1) is 16.2. The summed E-state index contributed by atoms with van der Waals surface area (Å²) in [6.07, 6.45) is 0. The Labute approximate surface area is 119 Å². The summed E-state index contributed by atoms with van der Waals surface area (Å²) < 4.78 is 0. The third-order valence-electron chi connectivity index (χ3n) is 3.42. The molecule has 20 heavy (non-hydrogen) atoms. The summed E-state index contributed by atoms with van der Waals surface area (Å²) >= 11 is 0. The van der Waals surface area contributed by atoms with Crippen LogP contribution in [0.1, 0.15) is 45.0 Å². The number of rotatable bonds is 4. The zero-order chi connectivity index (χ0) is 15.6. The maximum atomic E-state index is 12.1. The van der Waals surface area contributed by atoms with Gasteiger partial charge in [-0.2, -0.15) is 0 Å². The van der Waals surface area contributed by atoms with Gasteiger partial charge < -0.3 is 15.7 Å². The van der Waals surface area contributed by atoms with Crippen molar-refractivity contribution in [3.63, 3.8) is 0 Å². The van der Waals surface area contributed by atoms with Crippen molar-refractivity contribution >= 4 is 17.5 Å². The second-order valence-corrected chi connectivity index (χ2v) is 5.90. The van der Waals surface area contributed by atoms with Gasteiger partial charge in [-0.25, -0.2) is 0 Å². The lowest BCUT2D eigenvalue weighted by Crippen LogP contribution is -2.57. The van der Waals surface area contributed by atoms with Crippen LogP contribution in [0.15, 0.2) is 24.3 Å². The Morgan fingerprint density at radius 1 is 1.05 bits per heavy atom. The van der Waals surface area contributed by atoms with E-state index in [1.165, 1.54) is 6.92 Å². The smallest absolute Gasteiger partial charge is 0.251 e. The van der Waals surface area contributed by atoms with E-state index in [-0.39, 0.29) is 11.8 Å². The molecular weight excluding hydrogens is 256 g/mol. The zero-order valence-corrected chi connectivity index (χ0v) is 12.6. The van der Waals surface area contributed by atoms with Crippen molar-refractivity contribution in [2.75, 3.05) is 5.32 Å². The fourth-order valence-electron chi connectivity index (χ4n) is 1.42. The van der Waals surface area contributed by atoms with E-state index >= 15 is 0 Å². The molecule has 1 aromatic carbocycles. The summed E-state index contributed by atoms with van der Waals surface area (Å²) in [5.74, 6) is -0.433.